The Morgan fingerprint density at radius 3 is 2.44 bits per heavy atom. The fourth-order valence-electron chi connectivity index (χ4n) is 3.01. The Bertz CT molecular complexity index is 854. The van der Waals surface area contributed by atoms with E-state index in [1.54, 1.807) is 0 Å². The van der Waals surface area contributed by atoms with Crippen molar-refractivity contribution in [2.45, 2.75) is 39.2 Å². The molecule has 0 unspecified atom stereocenters. The molecule has 1 N–H and O–H groups in total. The molecule has 0 radical (unpaired) electrons. The first kappa shape index (κ1) is 17.3. The molecule has 0 spiro atoms. The van der Waals surface area contributed by atoms with Crippen LogP contribution in [0.5, 0.6) is 0 Å². The predicted molar refractivity (Wildman–Crippen MR) is 104 cm³/mol. The smallest absolute Gasteiger partial charge is 0.251 e. The number of fused-ring (bicyclic) bond motifs is 1. The van der Waals surface area contributed by atoms with Crippen molar-refractivity contribution in [1.82, 2.24) is 9.88 Å². The molecule has 0 aliphatic heterocycles. The molecule has 3 rings (SSSR count). The first-order valence-electron chi connectivity index (χ1n) is 8.88. The number of para-hydroxylation sites is 1. The van der Waals surface area contributed by atoms with Crippen molar-refractivity contribution in [3.63, 3.8) is 0 Å². The van der Waals surface area contributed by atoms with Crippen LogP contribution in [0.25, 0.3) is 10.9 Å². The first-order chi connectivity index (χ1) is 11.9. The number of aryl methyl sites for hydroxylation is 1. The summed E-state index contributed by atoms with van der Waals surface area (Å²) < 4.78 is 2.24. The summed E-state index contributed by atoms with van der Waals surface area (Å²) >= 11 is 0. The van der Waals surface area contributed by atoms with E-state index in [9.17, 15) is 4.79 Å². The Morgan fingerprint density at radius 2 is 1.72 bits per heavy atom. The van der Waals surface area contributed by atoms with Crippen LogP contribution in [0.1, 0.15) is 43.1 Å². The maximum atomic E-state index is 12.3. The van der Waals surface area contributed by atoms with Crippen LogP contribution in [0.15, 0.2) is 60.8 Å². The van der Waals surface area contributed by atoms with Crippen LogP contribution >= 0.6 is 0 Å². The number of benzene rings is 2. The highest BCUT2D eigenvalue weighted by atomic mass is 16.1. The Balaban J connectivity index is 1.51. The van der Waals surface area contributed by atoms with E-state index in [1.165, 1.54) is 16.5 Å². The third-order valence-corrected chi connectivity index (χ3v) is 4.55. The molecule has 25 heavy (non-hydrogen) atoms. The molecule has 1 heterocycles. The molecule has 0 bridgehead atoms. The van der Waals surface area contributed by atoms with Crippen molar-refractivity contribution < 1.29 is 4.79 Å². The second-order valence-electron chi connectivity index (χ2n) is 7.50. The molecule has 1 amide bonds. The molecular formula is C22H26N2O. The second kappa shape index (κ2) is 7.14. The molecule has 3 aromatic rings. The number of carbonyl (C=O) groups is 1. The van der Waals surface area contributed by atoms with Crippen molar-refractivity contribution in [2.24, 2.45) is 0 Å². The molecule has 3 nitrogen and oxygen atoms in total. The maximum Gasteiger partial charge on any atom is 0.251 e. The Kier molecular flexibility index (Phi) is 4.93. The van der Waals surface area contributed by atoms with Gasteiger partial charge in [0.1, 0.15) is 0 Å². The number of rotatable bonds is 5. The summed E-state index contributed by atoms with van der Waals surface area (Å²) in [7, 11) is 0. The summed E-state index contributed by atoms with van der Waals surface area (Å²) in [6, 6.07) is 18.4. The standard InChI is InChI=1S/C22H26N2O/c1-22(2,3)19-11-9-18(10-12-19)21(25)23-14-6-15-24-16-13-17-7-4-5-8-20(17)24/h4-5,7-13,16H,6,14-15H2,1-3H3,(H,23,25). The van der Waals surface area contributed by atoms with Crippen LogP contribution in [-0.4, -0.2) is 17.0 Å². The Labute approximate surface area is 149 Å². The zero-order valence-electron chi connectivity index (χ0n) is 15.3. The van der Waals surface area contributed by atoms with Gasteiger partial charge in [-0.3, -0.25) is 4.79 Å². The molecule has 1 aromatic heterocycles. The summed E-state index contributed by atoms with van der Waals surface area (Å²) in [5.41, 5.74) is 3.31. The van der Waals surface area contributed by atoms with Gasteiger partial charge in [-0.15, -0.1) is 0 Å². The largest absolute Gasteiger partial charge is 0.352 e. The summed E-state index contributed by atoms with van der Waals surface area (Å²) in [5, 5.41) is 4.27. The van der Waals surface area contributed by atoms with Gasteiger partial charge in [-0.05, 0) is 47.1 Å². The van der Waals surface area contributed by atoms with Gasteiger partial charge in [-0.2, -0.15) is 0 Å². The number of hydrogen-bond donors (Lipinski definition) is 1. The highest BCUT2D eigenvalue weighted by Crippen LogP contribution is 2.22. The van der Waals surface area contributed by atoms with Crippen LogP contribution in [0.2, 0.25) is 0 Å². The Hall–Kier alpha value is -2.55. The molecule has 0 fully saturated rings. The zero-order chi connectivity index (χ0) is 17.9. The minimum Gasteiger partial charge on any atom is -0.352 e. The quantitative estimate of drug-likeness (QED) is 0.671. The van der Waals surface area contributed by atoms with Gasteiger partial charge >= 0.3 is 0 Å². The molecule has 0 saturated carbocycles. The SMILES string of the molecule is CC(C)(C)c1ccc(C(=O)NCCCn2ccc3ccccc32)cc1. The Morgan fingerprint density at radius 1 is 1.00 bits per heavy atom. The summed E-state index contributed by atoms with van der Waals surface area (Å²) in [6.45, 7) is 8.09. The highest BCUT2D eigenvalue weighted by Gasteiger charge is 2.14. The average Bonchev–Trinajstić information content (AvgIpc) is 3.01. The summed E-state index contributed by atoms with van der Waals surface area (Å²) in [4.78, 5) is 12.3. The van der Waals surface area contributed by atoms with Crippen LogP contribution in [0.4, 0.5) is 0 Å². The minimum absolute atomic E-state index is 0.00202. The van der Waals surface area contributed by atoms with Crippen LogP contribution in [0.3, 0.4) is 0 Å². The molecular weight excluding hydrogens is 308 g/mol. The van der Waals surface area contributed by atoms with Gasteiger partial charge in [-0.25, -0.2) is 0 Å². The monoisotopic (exact) mass is 334 g/mol. The van der Waals surface area contributed by atoms with Gasteiger partial charge in [0, 0.05) is 30.4 Å². The lowest BCUT2D eigenvalue weighted by atomic mass is 9.87. The summed E-state index contributed by atoms with van der Waals surface area (Å²) in [6.07, 6.45) is 3.02. The lowest BCUT2D eigenvalue weighted by molar-refractivity contribution is 0.0952. The molecule has 0 aliphatic rings. The molecule has 0 atom stereocenters. The zero-order valence-corrected chi connectivity index (χ0v) is 15.3. The number of carbonyl (C=O) groups excluding carboxylic acids is 1. The second-order valence-corrected chi connectivity index (χ2v) is 7.50. The van der Waals surface area contributed by atoms with E-state index < -0.39 is 0 Å². The van der Waals surface area contributed by atoms with Gasteiger partial charge < -0.3 is 9.88 Å². The van der Waals surface area contributed by atoms with E-state index in [4.69, 9.17) is 0 Å². The highest BCUT2D eigenvalue weighted by molar-refractivity contribution is 5.94. The first-order valence-corrected chi connectivity index (χ1v) is 8.88. The average molecular weight is 334 g/mol. The topological polar surface area (TPSA) is 34.0 Å². The summed E-state index contributed by atoms with van der Waals surface area (Å²) in [5.74, 6) is -0.00202. The van der Waals surface area contributed by atoms with Gasteiger partial charge in [0.05, 0.1) is 0 Å². The number of hydrogen-bond acceptors (Lipinski definition) is 1. The van der Waals surface area contributed by atoms with E-state index >= 15 is 0 Å². The molecule has 130 valence electrons. The van der Waals surface area contributed by atoms with E-state index in [0.29, 0.717) is 6.54 Å². The van der Waals surface area contributed by atoms with Gasteiger partial charge in [-0.1, -0.05) is 51.1 Å². The van der Waals surface area contributed by atoms with Gasteiger partial charge in [0.2, 0.25) is 0 Å². The maximum absolute atomic E-state index is 12.3. The number of amides is 1. The van der Waals surface area contributed by atoms with Crippen LogP contribution in [-0.2, 0) is 12.0 Å². The fourth-order valence-corrected chi connectivity index (χ4v) is 3.01. The lowest BCUT2D eigenvalue weighted by Gasteiger charge is -2.19. The lowest BCUT2D eigenvalue weighted by Crippen LogP contribution is -2.25. The van der Waals surface area contributed by atoms with Crippen LogP contribution in [0, 0.1) is 0 Å². The molecule has 2 aromatic carbocycles. The predicted octanol–water partition coefficient (Wildman–Crippen LogP) is 4.76. The molecule has 0 aliphatic carbocycles. The van der Waals surface area contributed by atoms with Gasteiger partial charge in [0.15, 0.2) is 0 Å². The van der Waals surface area contributed by atoms with Crippen molar-refractivity contribution in [2.75, 3.05) is 6.54 Å². The third-order valence-electron chi connectivity index (χ3n) is 4.55. The fraction of sp³-hybridized carbons (Fsp3) is 0.318. The van der Waals surface area contributed by atoms with Crippen molar-refractivity contribution in [3.05, 3.63) is 71.9 Å². The number of nitrogens with zero attached hydrogens (tertiary/aromatic N) is 1. The third kappa shape index (κ3) is 4.11. The minimum atomic E-state index is -0.00202. The van der Waals surface area contributed by atoms with E-state index in [-0.39, 0.29) is 11.3 Å². The van der Waals surface area contributed by atoms with E-state index in [0.717, 1.165) is 18.5 Å². The molecule has 0 saturated heterocycles. The van der Waals surface area contributed by atoms with Crippen molar-refractivity contribution in [3.8, 4) is 0 Å². The normalized spacial score (nSPS) is 11.6. The molecule has 3 heteroatoms. The van der Waals surface area contributed by atoms with Crippen molar-refractivity contribution in [1.29, 1.82) is 0 Å². The van der Waals surface area contributed by atoms with E-state index in [2.05, 4.69) is 67.2 Å². The van der Waals surface area contributed by atoms with Gasteiger partial charge in [0.25, 0.3) is 5.91 Å². The number of aromatic nitrogens is 1. The van der Waals surface area contributed by atoms with E-state index in [1.807, 2.05) is 24.3 Å². The number of nitrogens with one attached hydrogen (secondary N) is 1. The van der Waals surface area contributed by atoms with Crippen molar-refractivity contribution >= 4 is 16.8 Å². The van der Waals surface area contributed by atoms with Crippen LogP contribution < -0.4 is 5.32 Å².